The number of rotatable bonds is 6. The van der Waals surface area contributed by atoms with Gasteiger partial charge in [-0.25, -0.2) is 8.42 Å². The van der Waals surface area contributed by atoms with Crippen LogP contribution in [0.2, 0.25) is 0 Å². The minimum absolute atomic E-state index is 0.144. The number of hydrogen-bond acceptors (Lipinski definition) is 4. The van der Waals surface area contributed by atoms with E-state index in [4.69, 9.17) is 9.84 Å². The Balaban J connectivity index is 3.23. The molecule has 6 nitrogen and oxygen atoms in total. The smallest absolute Gasteiger partial charge is 0.405 e. The van der Waals surface area contributed by atoms with Crippen molar-refractivity contribution in [1.29, 1.82) is 0 Å². The number of carbonyl (C=O) groups is 1. The Morgan fingerprint density at radius 3 is 2.45 bits per heavy atom. The molecule has 0 amide bonds. The predicted octanol–water partition coefficient (Wildman–Crippen LogP) is 1.69. The first-order valence-corrected chi connectivity index (χ1v) is 7.41. The molecule has 1 rings (SSSR count). The Morgan fingerprint density at radius 2 is 2.00 bits per heavy atom. The predicted molar refractivity (Wildman–Crippen MR) is 70.1 cm³/mol. The number of carboxylic acid groups (broad SMARTS) is 1. The Morgan fingerprint density at radius 1 is 1.41 bits per heavy atom. The second-order valence-electron chi connectivity index (χ2n) is 4.47. The topological polar surface area (TPSA) is 92.7 Å². The molecule has 0 unspecified atom stereocenters. The first-order chi connectivity index (χ1) is 9.97. The molecule has 0 fully saturated rings. The number of sulfonamides is 1. The quantitative estimate of drug-likeness (QED) is 0.821. The molecular weight excluding hydrogens is 327 g/mol. The fourth-order valence-electron chi connectivity index (χ4n) is 1.64. The molecule has 1 atom stereocenters. The van der Waals surface area contributed by atoms with Crippen LogP contribution in [0.5, 0.6) is 5.75 Å². The van der Waals surface area contributed by atoms with Crippen LogP contribution >= 0.6 is 0 Å². The van der Waals surface area contributed by atoms with Gasteiger partial charge in [0.1, 0.15) is 16.7 Å². The van der Waals surface area contributed by atoms with E-state index in [2.05, 4.69) is 0 Å². The van der Waals surface area contributed by atoms with Gasteiger partial charge in [-0.2, -0.15) is 17.9 Å². The molecule has 0 aliphatic rings. The summed E-state index contributed by atoms with van der Waals surface area (Å²) in [6.45, 7) is 1.55. The second-order valence-corrected chi connectivity index (χ2v) is 6.15. The summed E-state index contributed by atoms with van der Waals surface area (Å²) in [4.78, 5) is 10.0. The Bertz CT molecular complexity index is 657. The van der Waals surface area contributed by atoms with E-state index in [1.807, 2.05) is 0 Å². The highest BCUT2D eigenvalue weighted by atomic mass is 32.2. The summed E-state index contributed by atoms with van der Waals surface area (Å²) < 4.78 is 68.7. The van der Waals surface area contributed by atoms with Crippen LogP contribution in [0.3, 0.4) is 0 Å². The summed E-state index contributed by atoms with van der Waals surface area (Å²) in [5.41, 5.74) is 0.489. The van der Waals surface area contributed by atoms with Crippen molar-refractivity contribution >= 4 is 16.0 Å². The minimum Gasteiger partial charge on any atom is -0.495 e. The number of carboxylic acids is 1. The van der Waals surface area contributed by atoms with Crippen LogP contribution in [0.25, 0.3) is 0 Å². The highest BCUT2D eigenvalue weighted by molar-refractivity contribution is 7.89. The largest absolute Gasteiger partial charge is 0.495 e. The lowest BCUT2D eigenvalue weighted by atomic mass is 10.2. The maximum Gasteiger partial charge on any atom is 0.405 e. The molecule has 10 heteroatoms. The number of aryl methyl sites for hydroxylation is 1. The molecule has 0 aliphatic heterocycles. The molecule has 0 saturated carbocycles. The molecule has 1 aromatic carbocycles. The summed E-state index contributed by atoms with van der Waals surface area (Å²) in [6, 6.07) is 1.22. The summed E-state index contributed by atoms with van der Waals surface area (Å²) in [6.07, 6.45) is -6.46. The lowest BCUT2D eigenvalue weighted by molar-refractivity contribution is -0.163. The standard InChI is InChI=1S/C12H14F3NO5S/c1-7-3-4-8(21-2)9(5-7)22(19,20)16-10(6-11(17)18)12(13,14)15/h3-5,10,16H,6H2,1-2H3,(H,17,18)/t10-/m1/s1. The van der Waals surface area contributed by atoms with Crippen molar-refractivity contribution in [3.05, 3.63) is 23.8 Å². The molecule has 22 heavy (non-hydrogen) atoms. The van der Waals surface area contributed by atoms with Crippen molar-refractivity contribution in [2.45, 2.75) is 30.5 Å². The summed E-state index contributed by atoms with van der Waals surface area (Å²) in [5.74, 6) is -1.92. The Hall–Kier alpha value is -1.81. The molecule has 0 heterocycles. The van der Waals surface area contributed by atoms with Gasteiger partial charge in [0.05, 0.1) is 13.5 Å². The van der Waals surface area contributed by atoms with E-state index in [0.717, 1.165) is 6.07 Å². The van der Waals surface area contributed by atoms with Gasteiger partial charge < -0.3 is 9.84 Å². The van der Waals surface area contributed by atoms with Crippen molar-refractivity contribution in [1.82, 2.24) is 4.72 Å². The van der Waals surface area contributed by atoms with Crippen LogP contribution in [0.1, 0.15) is 12.0 Å². The molecule has 1 aromatic rings. The number of benzene rings is 1. The normalized spacial score (nSPS) is 13.7. The monoisotopic (exact) mass is 341 g/mol. The number of aliphatic carboxylic acids is 1. The number of ether oxygens (including phenoxy) is 1. The molecule has 0 spiro atoms. The van der Waals surface area contributed by atoms with Crippen molar-refractivity contribution in [2.24, 2.45) is 0 Å². The Labute approximate surface area is 124 Å². The van der Waals surface area contributed by atoms with E-state index < -0.39 is 39.5 Å². The maximum absolute atomic E-state index is 12.8. The molecule has 0 aliphatic carbocycles. The third-order valence-corrected chi connectivity index (χ3v) is 4.17. The van der Waals surface area contributed by atoms with Gasteiger partial charge in [-0.05, 0) is 24.6 Å². The zero-order valence-corrected chi connectivity index (χ0v) is 12.5. The van der Waals surface area contributed by atoms with Crippen molar-refractivity contribution in [2.75, 3.05) is 7.11 Å². The van der Waals surface area contributed by atoms with Gasteiger partial charge in [0, 0.05) is 0 Å². The van der Waals surface area contributed by atoms with Gasteiger partial charge in [0.15, 0.2) is 0 Å². The highest BCUT2D eigenvalue weighted by Gasteiger charge is 2.44. The lowest BCUT2D eigenvalue weighted by Gasteiger charge is -2.20. The average molecular weight is 341 g/mol. The summed E-state index contributed by atoms with van der Waals surface area (Å²) >= 11 is 0. The molecule has 2 N–H and O–H groups in total. The van der Waals surface area contributed by atoms with E-state index in [-0.39, 0.29) is 5.75 Å². The van der Waals surface area contributed by atoms with Crippen LogP contribution < -0.4 is 9.46 Å². The number of alkyl halides is 3. The highest BCUT2D eigenvalue weighted by Crippen LogP contribution is 2.28. The third kappa shape index (κ3) is 4.60. The van der Waals surface area contributed by atoms with Gasteiger partial charge >= 0.3 is 12.1 Å². The summed E-state index contributed by atoms with van der Waals surface area (Å²) in [5, 5.41) is 8.50. The fourth-order valence-corrected chi connectivity index (χ4v) is 3.12. The second kappa shape index (κ2) is 6.53. The van der Waals surface area contributed by atoms with Crippen molar-refractivity contribution < 1.29 is 36.2 Å². The number of halogens is 3. The fraction of sp³-hybridized carbons (Fsp3) is 0.417. The van der Waals surface area contributed by atoms with Crippen LogP contribution in [-0.4, -0.2) is 38.8 Å². The van der Waals surface area contributed by atoms with Gasteiger partial charge in [-0.1, -0.05) is 6.07 Å². The molecule has 0 aromatic heterocycles. The molecule has 0 radical (unpaired) electrons. The number of hydrogen-bond donors (Lipinski definition) is 2. The van der Waals surface area contributed by atoms with E-state index in [0.29, 0.717) is 5.56 Å². The van der Waals surface area contributed by atoms with E-state index in [9.17, 15) is 26.4 Å². The Kier molecular flexibility index (Phi) is 5.41. The van der Waals surface area contributed by atoms with Crippen LogP contribution in [0.4, 0.5) is 13.2 Å². The maximum atomic E-state index is 12.8. The number of nitrogens with one attached hydrogen (secondary N) is 1. The van der Waals surface area contributed by atoms with Crippen molar-refractivity contribution in [3.8, 4) is 5.75 Å². The van der Waals surface area contributed by atoms with Crippen LogP contribution in [-0.2, 0) is 14.8 Å². The number of methoxy groups -OCH3 is 1. The zero-order chi connectivity index (χ0) is 17.1. The van der Waals surface area contributed by atoms with E-state index >= 15 is 0 Å². The molecule has 0 bridgehead atoms. The third-order valence-electron chi connectivity index (χ3n) is 2.68. The average Bonchev–Trinajstić information content (AvgIpc) is 2.36. The lowest BCUT2D eigenvalue weighted by Crippen LogP contribution is -2.46. The SMILES string of the molecule is COc1ccc(C)cc1S(=O)(=O)N[C@H](CC(=O)O)C(F)(F)F. The zero-order valence-electron chi connectivity index (χ0n) is 11.6. The van der Waals surface area contributed by atoms with Gasteiger partial charge in [0.2, 0.25) is 10.0 Å². The van der Waals surface area contributed by atoms with Gasteiger partial charge in [-0.15, -0.1) is 0 Å². The summed E-state index contributed by atoms with van der Waals surface area (Å²) in [7, 11) is -3.44. The van der Waals surface area contributed by atoms with Crippen LogP contribution in [0.15, 0.2) is 23.1 Å². The molecule has 124 valence electrons. The van der Waals surface area contributed by atoms with Crippen molar-refractivity contribution in [3.63, 3.8) is 0 Å². The van der Waals surface area contributed by atoms with E-state index in [1.165, 1.54) is 24.0 Å². The van der Waals surface area contributed by atoms with Crippen LogP contribution in [0, 0.1) is 6.92 Å². The minimum atomic E-state index is -5.04. The van der Waals surface area contributed by atoms with Gasteiger partial charge in [0.25, 0.3) is 0 Å². The van der Waals surface area contributed by atoms with Gasteiger partial charge in [-0.3, -0.25) is 4.79 Å². The first-order valence-electron chi connectivity index (χ1n) is 5.93. The molecule has 0 saturated heterocycles. The first kappa shape index (κ1) is 18.2. The molecular formula is C12H14F3NO5S. The van der Waals surface area contributed by atoms with E-state index in [1.54, 1.807) is 6.92 Å².